The molecule has 1 aliphatic rings. The second-order valence-corrected chi connectivity index (χ2v) is 6.88. The number of pyridine rings is 1. The van der Waals surface area contributed by atoms with Gasteiger partial charge in [0.1, 0.15) is 11.6 Å². The number of halogens is 2. The number of nitrogens with zero attached hydrogens (tertiary/aromatic N) is 2. The fraction of sp³-hybridized carbons (Fsp3) is 0.0455. The standard InChI is InChI=1S/C22H14ClFN2O3/c23-15-8-6-13(7-9-15)20(27)18-19(14-3-2-10-25-12-14)26(22(29)21(18)28)17-5-1-4-16(24)11-17/h1-12,19,27H/b20-18+. The van der Waals surface area contributed by atoms with Gasteiger partial charge in [-0.1, -0.05) is 23.7 Å². The van der Waals surface area contributed by atoms with E-state index in [-0.39, 0.29) is 17.0 Å². The Labute approximate surface area is 170 Å². The van der Waals surface area contributed by atoms with Crippen LogP contribution in [0.3, 0.4) is 0 Å². The number of rotatable bonds is 3. The quantitative estimate of drug-likeness (QED) is 0.393. The average molecular weight is 409 g/mol. The number of aliphatic hydroxyl groups is 1. The van der Waals surface area contributed by atoms with Crippen LogP contribution < -0.4 is 4.90 Å². The van der Waals surface area contributed by atoms with Gasteiger partial charge in [0.2, 0.25) is 0 Å². The normalized spacial score (nSPS) is 18.3. The van der Waals surface area contributed by atoms with E-state index in [1.807, 2.05) is 0 Å². The van der Waals surface area contributed by atoms with Crippen molar-refractivity contribution in [2.24, 2.45) is 0 Å². The van der Waals surface area contributed by atoms with E-state index in [1.165, 1.54) is 29.3 Å². The van der Waals surface area contributed by atoms with Gasteiger partial charge in [0, 0.05) is 28.7 Å². The van der Waals surface area contributed by atoms with Crippen molar-refractivity contribution in [1.82, 2.24) is 4.98 Å². The highest BCUT2D eigenvalue weighted by atomic mass is 35.5. The van der Waals surface area contributed by atoms with Crippen molar-refractivity contribution in [3.63, 3.8) is 0 Å². The predicted octanol–water partition coefficient (Wildman–Crippen LogP) is 4.50. The van der Waals surface area contributed by atoms with Crippen LogP contribution in [0.15, 0.2) is 78.6 Å². The molecule has 1 aliphatic heterocycles. The molecule has 29 heavy (non-hydrogen) atoms. The lowest BCUT2D eigenvalue weighted by Crippen LogP contribution is -2.29. The van der Waals surface area contributed by atoms with E-state index in [9.17, 15) is 19.1 Å². The van der Waals surface area contributed by atoms with Crippen molar-refractivity contribution in [2.75, 3.05) is 4.90 Å². The van der Waals surface area contributed by atoms with E-state index in [0.717, 1.165) is 6.07 Å². The van der Waals surface area contributed by atoms with E-state index < -0.39 is 23.5 Å². The van der Waals surface area contributed by atoms with Crippen LogP contribution in [0.1, 0.15) is 17.2 Å². The Morgan fingerprint density at radius 1 is 1.07 bits per heavy atom. The predicted molar refractivity (Wildman–Crippen MR) is 107 cm³/mol. The fourth-order valence-electron chi connectivity index (χ4n) is 3.34. The van der Waals surface area contributed by atoms with Gasteiger partial charge in [-0.05, 0) is 54.1 Å². The SMILES string of the molecule is O=C1C(=O)N(c2cccc(F)c2)C(c2cccnc2)/C1=C(\O)c1ccc(Cl)cc1. The Morgan fingerprint density at radius 2 is 1.83 bits per heavy atom. The van der Waals surface area contributed by atoms with Gasteiger partial charge in [-0.15, -0.1) is 0 Å². The molecule has 1 unspecified atom stereocenters. The summed E-state index contributed by atoms with van der Waals surface area (Å²) in [4.78, 5) is 31.0. The molecule has 0 bridgehead atoms. The molecule has 1 fully saturated rings. The highest BCUT2D eigenvalue weighted by Crippen LogP contribution is 2.42. The van der Waals surface area contributed by atoms with Crippen LogP contribution in [-0.2, 0) is 9.59 Å². The zero-order valence-corrected chi connectivity index (χ0v) is 15.7. The molecule has 7 heteroatoms. The van der Waals surface area contributed by atoms with Gasteiger partial charge in [-0.3, -0.25) is 19.5 Å². The number of ketones is 1. The largest absolute Gasteiger partial charge is 0.507 e. The minimum Gasteiger partial charge on any atom is -0.507 e. The number of aliphatic hydroxyl groups excluding tert-OH is 1. The number of aromatic nitrogens is 1. The first kappa shape index (κ1) is 18.8. The van der Waals surface area contributed by atoms with E-state index in [0.29, 0.717) is 16.1 Å². The lowest BCUT2D eigenvalue weighted by atomic mass is 9.96. The number of amides is 1. The first-order valence-electron chi connectivity index (χ1n) is 8.70. The minimum absolute atomic E-state index is 0.102. The maximum absolute atomic E-state index is 13.8. The lowest BCUT2D eigenvalue weighted by molar-refractivity contribution is -0.132. The van der Waals surface area contributed by atoms with Crippen molar-refractivity contribution in [2.45, 2.75) is 6.04 Å². The van der Waals surface area contributed by atoms with Crippen LogP contribution in [-0.4, -0.2) is 21.8 Å². The molecule has 2 aromatic carbocycles. The number of hydrogen-bond acceptors (Lipinski definition) is 4. The van der Waals surface area contributed by atoms with Gasteiger partial charge in [0.15, 0.2) is 0 Å². The average Bonchev–Trinajstić information content (AvgIpc) is 2.99. The third-order valence-corrected chi connectivity index (χ3v) is 4.90. The lowest BCUT2D eigenvalue weighted by Gasteiger charge is -2.25. The van der Waals surface area contributed by atoms with Crippen molar-refractivity contribution in [3.05, 3.63) is 101 Å². The molecule has 0 saturated carbocycles. The molecule has 0 aliphatic carbocycles. The Morgan fingerprint density at radius 3 is 2.48 bits per heavy atom. The molecule has 1 aromatic heterocycles. The highest BCUT2D eigenvalue weighted by molar-refractivity contribution is 6.51. The monoisotopic (exact) mass is 408 g/mol. The smallest absolute Gasteiger partial charge is 0.300 e. The number of Topliss-reactive ketones (excluding diaryl/α,β-unsaturated/α-hetero) is 1. The topological polar surface area (TPSA) is 70.5 Å². The Kier molecular flexibility index (Phi) is 4.86. The summed E-state index contributed by atoms with van der Waals surface area (Å²) in [6, 6.07) is 14.0. The summed E-state index contributed by atoms with van der Waals surface area (Å²) in [5.41, 5.74) is 0.942. The second kappa shape index (κ2) is 7.48. The molecule has 5 nitrogen and oxygen atoms in total. The van der Waals surface area contributed by atoms with Crippen LogP contribution in [0.25, 0.3) is 5.76 Å². The summed E-state index contributed by atoms with van der Waals surface area (Å²) in [5.74, 6) is -2.62. The molecule has 1 amide bonds. The van der Waals surface area contributed by atoms with Crippen molar-refractivity contribution < 1.29 is 19.1 Å². The van der Waals surface area contributed by atoms with Gasteiger partial charge in [0.05, 0.1) is 11.6 Å². The molecular weight excluding hydrogens is 395 g/mol. The van der Waals surface area contributed by atoms with E-state index >= 15 is 0 Å². The fourth-order valence-corrected chi connectivity index (χ4v) is 3.47. The Bertz CT molecular complexity index is 1130. The van der Waals surface area contributed by atoms with Crippen LogP contribution in [0, 0.1) is 5.82 Å². The van der Waals surface area contributed by atoms with Crippen molar-refractivity contribution in [3.8, 4) is 0 Å². The van der Waals surface area contributed by atoms with Gasteiger partial charge in [-0.25, -0.2) is 4.39 Å². The van der Waals surface area contributed by atoms with Crippen LogP contribution in [0.2, 0.25) is 5.02 Å². The highest BCUT2D eigenvalue weighted by Gasteiger charge is 2.47. The third kappa shape index (κ3) is 3.39. The maximum atomic E-state index is 13.8. The summed E-state index contributed by atoms with van der Waals surface area (Å²) in [5, 5.41) is 11.4. The molecule has 0 radical (unpaired) electrons. The number of hydrogen-bond donors (Lipinski definition) is 1. The second-order valence-electron chi connectivity index (χ2n) is 6.44. The first-order chi connectivity index (χ1) is 14.0. The number of carbonyl (C=O) groups excluding carboxylic acids is 2. The molecule has 144 valence electrons. The Hall–Kier alpha value is -3.51. The minimum atomic E-state index is -0.957. The Balaban J connectivity index is 1.94. The summed E-state index contributed by atoms with van der Waals surface area (Å²) < 4.78 is 13.8. The van der Waals surface area contributed by atoms with E-state index in [2.05, 4.69) is 4.98 Å². The van der Waals surface area contributed by atoms with Gasteiger partial charge in [-0.2, -0.15) is 0 Å². The molecule has 0 spiro atoms. The third-order valence-electron chi connectivity index (χ3n) is 4.65. The molecule has 1 N–H and O–H groups in total. The zero-order chi connectivity index (χ0) is 20.5. The summed E-state index contributed by atoms with van der Waals surface area (Å²) in [6.45, 7) is 0. The van der Waals surface area contributed by atoms with Crippen LogP contribution in [0.5, 0.6) is 0 Å². The zero-order valence-electron chi connectivity index (χ0n) is 14.9. The van der Waals surface area contributed by atoms with Crippen LogP contribution >= 0.6 is 11.6 Å². The van der Waals surface area contributed by atoms with Gasteiger partial charge < -0.3 is 5.11 Å². The van der Waals surface area contributed by atoms with Gasteiger partial charge in [0.25, 0.3) is 11.7 Å². The van der Waals surface area contributed by atoms with Crippen molar-refractivity contribution in [1.29, 1.82) is 0 Å². The maximum Gasteiger partial charge on any atom is 0.300 e. The van der Waals surface area contributed by atoms with E-state index in [4.69, 9.17) is 11.6 Å². The number of carbonyl (C=O) groups is 2. The number of anilines is 1. The summed E-state index contributed by atoms with van der Waals surface area (Å²) in [7, 11) is 0. The van der Waals surface area contributed by atoms with Gasteiger partial charge >= 0.3 is 0 Å². The van der Waals surface area contributed by atoms with Crippen LogP contribution in [0.4, 0.5) is 10.1 Å². The molecule has 1 atom stereocenters. The summed E-state index contributed by atoms with van der Waals surface area (Å²) >= 11 is 5.90. The molecular formula is C22H14ClFN2O3. The summed E-state index contributed by atoms with van der Waals surface area (Å²) in [6.07, 6.45) is 3.05. The molecule has 3 aromatic rings. The number of benzene rings is 2. The molecule has 1 saturated heterocycles. The van der Waals surface area contributed by atoms with E-state index in [1.54, 1.807) is 42.6 Å². The molecule has 4 rings (SSSR count). The molecule has 2 heterocycles. The van der Waals surface area contributed by atoms with Crippen molar-refractivity contribution >= 4 is 34.7 Å². The first-order valence-corrected chi connectivity index (χ1v) is 9.07.